The van der Waals surface area contributed by atoms with Crippen LogP contribution in [0.4, 0.5) is 0 Å². The highest BCUT2D eigenvalue weighted by Crippen LogP contribution is 2.20. The molecule has 0 fully saturated rings. The number of aryl methyl sites for hydroxylation is 1. The van der Waals surface area contributed by atoms with Crippen molar-refractivity contribution in [3.8, 4) is 0 Å². The van der Waals surface area contributed by atoms with Gasteiger partial charge in [0.15, 0.2) is 11.9 Å². The van der Waals surface area contributed by atoms with Crippen LogP contribution >= 0.6 is 0 Å². The summed E-state index contributed by atoms with van der Waals surface area (Å²) in [5, 5.41) is 1.62. The normalized spacial score (nSPS) is 12.3. The molecule has 1 atom stereocenters. The summed E-state index contributed by atoms with van der Waals surface area (Å²) in [6.07, 6.45) is 2.13. The van der Waals surface area contributed by atoms with E-state index in [2.05, 4.69) is 15.0 Å². The molecule has 2 aromatic carbocycles. The molecule has 0 unspecified atom stereocenters. The molecule has 0 saturated carbocycles. The molecule has 0 radical (unpaired) electrons. The van der Waals surface area contributed by atoms with Crippen LogP contribution in [-0.2, 0) is 16.0 Å². The lowest BCUT2D eigenvalue weighted by Gasteiger charge is -2.13. The van der Waals surface area contributed by atoms with E-state index in [4.69, 9.17) is 4.74 Å². The summed E-state index contributed by atoms with van der Waals surface area (Å²) in [7, 11) is 0. The minimum atomic E-state index is -0.627. The van der Waals surface area contributed by atoms with Gasteiger partial charge in [-0.05, 0) is 37.1 Å². The zero-order chi connectivity index (χ0) is 18.8. The highest BCUT2D eigenvalue weighted by molar-refractivity contribution is 5.83. The van der Waals surface area contributed by atoms with Gasteiger partial charge in [-0.15, -0.1) is 0 Å². The molecule has 2 heterocycles. The van der Waals surface area contributed by atoms with E-state index >= 15 is 0 Å². The molecule has 136 valence electrons. The molecular formula is C21H19N3O3. The Labute approximate surface area is 155 Å². The third kappa shape index (κ3) is 3.46. The Bertz CT molecular complexity index is 1180. The van der Waals surface area contributed by atoms with Crippen LogP contribution in [0, 0.1) is 0 Å². The first-order valence-corrected chi connectivity index (χ1v) is 8.85. The Balaban J connectivity index is 1.44. The predicted molar refractivity (Wildman–Crippen MR) is 103 cm³/mol. The maximum Gasteiger partial charge on any atom is 0.306 e. The molecule has 0 aliphatic carbocycles. The Morgan fingerprint density at radius 2 is 1.85 bits per heavy atom. The van der Waals surface area contributed by atoms with E-state index in [0.29, 0.717) is 23.1 Å². The van der Waals surface area contributed by atoms with Crippen molar-refractivity contribution < 1.29 is 9.53 Å². The molecule has 4 aromatic rings. The Morgan fingerprint density at radius 1 is 1.11 bits per heavy atom. The van der Waals surface area contributed by atoms with Crippen LogP contribution in [0.15, 0.2) is 59.5 Å². The fraction of sp³-hybridized carbons (Fsp3) is 0.190. The third-order valence-electron chi connectivity index (χ3n) is 4.60. The monoisotopic (exact) mass is 361 g/mol. The minimum absolute atomic E-state index is 0.239. The molecule has 27 heavy (non-hydrogen) atoms. The summed E-state index contributed by atoms with van der Waals surface area (Å²) in [6.45, 7) is 1.70. The van der Waals surface area contributed by atoms with E-state index in [9.17, 15) is 9.59 Å². The average Bonchev–Trinajstić information content (AvgIpc) is 3.09. The quantitative estimate of drug-likeness (QED) is 0.531. The second-order valence-corrected chi connectivity index (χ2v) is 6.46. The van der Waals surface area contributed by atoms with Crippen molar-refractivity contribution in [3.63, 3.8) is 0 Å². The van der Waals surface area contributed by atoms with Crippen LogP contribution in [0.3, 0.4) is 0 Å². The maximum absolute atomic E-state index is 12.3. The fourth-order valence-corrected chi connectivity index (χ4v) is 3.18. The number of para-hydroxylation sites is 2. The highest BCUT2D eigenvalue weighted by Gasteiger charge is 2.16. The summed E-state index contributed by atoms with van der Waals surface area (Å²) < 4.78 is 5.47. The van der Waals surface area contributed by atoms with Crippen LogP contribution in [0.1, 0.15) is 30.8 Å². The number of esters is 1. The van der Waals surface area contributed by atoms with Crippen molar-refractivity contribution in [2.75, 3.05) is 0 Å². The van der Waals surface area contributed by atoms with Gasteiger partial charge < -0.3 is 14.7 Å². The Morgan fingerprint density at radius 3 is 2.70 bits per heavy atom. The second-order valence-electron chi connectivity index (χ2n) is 6.46. The zero-order valence-corrected chi connectivity index (χ0v) is 14.9. The molecule has 0 spiro atoms. The van der Waals surface area contributed by atoms with Crippen LogP contribution < -0.4 is 5.56 Å². The van der Waals surface area contributed by atoms with Gasteiger partial charge >= 0.3 is 5.97 Å². The van der Waals surface area contributed by atoms with Crippen molar-refractivity contribution in [1.82, 2.24) is 15.0 Å². The molecule has 0 aliphatic rings. The number of ether oxygens (including phenoxy) is 1. The number of benzene rings is 2. The third-order valence-corrected chi connectivity index (χ3v) is 4.60. The van der Waals surface area contributed by atoms with Crippen molar-refractivity contribution in [2.45, 2.75) is 25.9 Å². The van der Waals surface area contributed by atoms with Crippen LogP contribution in [0.5, 0.6) is 0 Å². The Kier molecular flexibility index (Phi) is 4.46. The van der Waals surface area contributed by atoms with Gasteiger partial charge in [0.25, 0.3) is 5.56 Å². The number of H-pyrrole nitrogens is 2. The smallest absolute Gasteiger partial charge is 0.306 e. The number of carbonyl (C=O) groups is 1. The number of nitrogens with zero attached hydrogens (tertiary/aromatic N) is 1. The highest BCUT2D eigenvalue weighted by atomic mass is 16.5. The number of hydrogen-bond acceptors (Lipinski definition) is 4. The molecule has 0 amide bonds. The van der Waals surface area contributed by atoms with Gasteiger partial charge in [-0.25, -0.2) is 4.98 Å². The molecule has 0 saturated heterocycles. The number of aromatic amines is 2. The SMILES string of the molecule is C[C@H](OC(=O)CCc1c[nH]c2ccccc12)c1nc2ccccc2c(=O)[nH]1. The summed E-state index contributed by atoms with van der Waals surface area (Å²) in [4.78, 5) is 34.7. The molecule has 6 heteroatoms. The largest absolute Gasteiger partial charge is 0.454 e. The lowest BCUT2D eigenvalue weighted by atomic mass is 10.1. The number of rotatable bonds is 5. The lowest BCUT2D eigenvalue weighted by molar-refractivity contribution is -0.148. The summed E-state index contributed by atoms with van der Waals surface area (Å²) >= 11 is 0. The van der Waals surface area contributed by atoms with Crippen molar-refractivity contribution in [2.24, 2.45) is 0 Å². The number of hydrogen-bond donors (Lipinski definition) is 2. The van der Waals surface area contributed by atoms with Crippen LogP contribution in [0.25, 0.3) is 21.8 Å². The minimum Gasteiger partial charge on any atom is -0.454 e. The second kappa shape index (κ2) is 7.07. The van der Waals surface area contributed by atoms with E-state index < -0.39 is 6.10 Å². The van der Waals surface area contributed by atoms with Gasteiger partial charge in [0.1, 0.15) is 0 Å². The Hall–Kier alpha value is -3.41. The summed E-state index contributed by atoms with van der Waals surface area (Å²) in [5.74, 6) is 0.0164. The maximum atomic E-state index is 12.3. The van der Waals surface area contributed by atoms with Gasteiger partial charge in [0.05, 0.1) is 10.9 Å². The molecule has 4 rings (SSSR count). The first kappa shape index (κ1) is 17.0. The van der Waals surface area contributed by atoms with E-state index in [1.165, 1.54) is 0 Å². The predicted octanol–water partition coefficient (Wildman–Crippen LogP) is 3.64. The molecular weight excluding hydrogens is 342 g/mol. The first-order chi connectivity index (χ1) is 13.1. The number of carbonyl (C=O) groups excluding carboxylic acids is 1. The van der Waals surface area contributed by atoms with Gasteiger partial charge in [-0.2, -0.15) is 0 Å². The molecule has 0 bridgehead atoms. The zero-order valence-electron chi connectivity index (χ0n) is 14.9. The topological polar surface area (TPSA) is 87.8 Å². The number of nitrogens with one attached hydrogen (secondary N) is 2. The van der Waals surface area contributed by atoms with Crippen molar-refractivity contribution in [3.05, 3.63) is 76.5 Å². The van der Waals surface area contributed by atoms with Gasteiger partial charge in [0.2, 0.25) is 0 Å². The van der Waals surface area contributed by atoms with Crippen molar-refractivity contribution >= 4 is 27.8 Å². The van der Waals surface area contributed by atoms with Gasteiger partial charge in [-0.3, -0.25) is 9.59 Å². The van der Waals surface area contributed by atoms with Crippen LogP contribution in [-0.4, -0.2) is 20.9 Å². The van der Waals surface area contributed by atoms with Crippen LogP contribution in [0.2, 0.25) is 0 Å². The average molecular weight is 361 g/mol. The lowest BCUT2D eigenvalue weighted by Crippen LogP contribution is -2.17. The van der Waals surface area contributed by atoms with Gasteiger partial charge in [0, 0.05) is 23.5 Å². The molecule has 2 aromatic heterocycles. The standard InChI is InChI=1S/C21H19N3O3/c1-13(20-23-18-9-5-3-7-16(18)21(26)24-20)27-19(25)11-10-14-12-22-17-8-4-2-6-15(14)17/h2-9,12-13,22H,10-11H2,1H3,(H,23,24,26)/t13-/m0/s1. The fourth-order valence-electron chi connectivity index (χ4n) is 3.18. The molecule has 6 nitrogen and oxygen atoms in total. The molecule has 0 aliphatic heterocycles. The van der Waals surface area contributed by atoms with Crippen molar-refractivity contribution in [1.29, 1.82) is 0 Å². The van der Waals surface area contributed by atoms with E-state index in [0.717, 1.165) is 16.5 Å². The number of aromatic nitrogens is 3. The first-order valence-electron chi connectivity index (χ1n) is 8.85. The molecule has 2 N–H and O–H groups in total. The van der Waals surface area contributed by atoms with Gasteiger partial charge in [-0.1, -0.05) is 30.3 Å². The van der Waals surface area contributed by atoms with E-state index in [1.807, 2.05) is 36.5 Å². The van der Waals surface area contributed by atoms with E-state index in [-0.39, 0.29) is 17.9 Å². The summed E-state index contributed by atoms with van der Waals surface area (Å²) in [6, 6.07) is 15.0. The number of fused-ring (bicyclic) bond motifs is 2. The summed E-state index contributed by atoms with van der Waals surface area (Å²) in [5.41, 5.74) is 2.47. The van der Waals surface area contributed by atoms with E-state index in [1.54, 1.807) is 25.1 Å².